The van der Waals surface area contributed by atoms with Crippen molar-refractivity contribution >= 4 is 27.2 Å². The first kappa shape index (κ1) is 16.6. The van der Waals surface area contributed by atoms with Crippen molar-refractivity contribution in [1.29, 1.82) is 0 Å². The maximum Gasteiger partial charge on any atom is 0.182 e. The number of hydrogen-bond acceptors (Lipinski definition) is 6. The lowest BCUT2D eigenvalue weighted by Crippen LogP contribution is -2.30. The van der Waals surface area contributed by atoms with Crippen molar-refractivity contribution in [2.45, 2.75) is 26.3 Å². The molecule has 138 valence electrons. The minimum atomic E-state index is 0.718. The van der Waals surface area contributed by atoms with Crippen LogP contribution in [0.4, 0.5) is 0 Å². The van der Waals surface area contributed by atoms with Crippen molar-refractivity contribution in [2.24, 2.45) is 0 Å². The van der Waals surface area contributed by atoms with Gasteiger partial charge in [-0.1, -0.05) is 6.92 Å². The van der Waals surface area contributed by atoms with Crippen LogP contribution in [0.3, 0.4) is 0 Å². The molecule has 0 radical (unpaired) electrons. The van der Waals surface area contributed by atoms with Crippen LogP contribution in [0.1, 0.15) is 23.8 Å². The molecule has 0 spiro atoms. The molecule has 6 nitrogen and oxygen atoms in total. The fourth-order valence-corrected chi connectivity index (χ4v) is 5.04. The number of benzene rings is 1. The van der Waals surface area contributed by atoms with Gasteiger partial charge in [-0.2, -0.15) is 0 Å². The van der Waals surface area contributed by atoms with Crippen LogP contribution >= 0.6 is 11.3 Å². The number of ether oxygens (including phenoxy) is 1. The molecular formula is C20H21N5OS. The lowest BCUT2D eigenvalue weighted by atomic mass is 10.1. The molecule has 1 aromatic carbocycles. The number of fused-ring (bicyclic) bond motifs is 5. The summed E-state index contributed by atoms with van der Waals surface area (Å²) in [4.78, 5) is 14.6. The first-order chi connectivity index (χ1) is 13.3. The molecule has 1 aliphatic heterocycles. The largest absolute Gasteiger partial charge is 0.497 e. The second kappa shape index (κ2) is 6.58. The molecule has 3 aromatic heterocycles. The quantitative estimate of drug-likeness (QED) is 0.540. The average molecular weight is 379 g/mol. The number of rotatable bonds is 4. The summed E-state index contributed by atoms with van der Waals surface area (Å²) < 4.78 is 7.05. The molecule has 7 heteroatoms. The van der Waals surface area contributed by atoms with Gasteiger partial charge >= 0.3 is 0 Å². The Labute approximate surface area is 161 Å². The van der Waals surface area contributed by atoms with Crippen LogP contribution in [0.5, 0.6) is 5.75 Å². The van der Waals surface area contributed by atoms with Gasteiger partial charge in [0.15, 0.2) is 11.5 Å². The zero-order chi connectivity index (χ0) is 18.4. The first-order valence-electron chi connectivity index (χ1n) is 9.29. The average Bonchev–Trinajstić information content (AvgIpc) is 3.28. The van der Waals surface area contributed by atoms with E-state index in [9.17, 15) is 0 Å². The molecule has 4 heterocycles. The predicted molar refractivity (Wildman–Crippen MR) is 107 cm³/mol. The van der Waals surface area contributed by atoms with Crippen LogP contribution in [-0.4, -0.2) is 44.7 Å². The summed E-state index contributed by atoms with van der Waals surface area (Å²) in [6, 6.07) is 7.85. The van der Waals surface area contributed by atoms with Crippen LogP contribution in [0.15, 0.2) is 30.6 Å². The number of thiophene rings is 1. The van der Waals surface area contributed by atoms with E-state index in [1.165, 1.54) is 22.2 Å². The van der Waals surface area contributed by atoms with Crippen LogP contribution < -0.4 is 4.74 Å². The normalized spacial score (nSPS) is 14.7. The third-order valence-electron chi connectivity index (χ3n) is 5.14. The van der Waals surface area contributed by atoms with E-state index in [0.717, 1.165) is 53.7 Å². The minimum Gasteiger partial charge on any atom is -0.497 e. The molecular weight excluding hydrogens is 358 g/mol. The van der Waals surface area contributed by atoms with Crippen molar-refractivity contribution in [3.63, 3.8) is 0 Å². The maximum atomic E-state index is 5.24. The summed E-state index contributed by atoms with van der Waals surface area (Å²) in [5, 5.41) is 5.84. The monoisotopic (exact) mass is 379 g/mol. The van der Waals surface area contributed by atoms with Crippen LogP contribution in [0.2, 0.25) is 0 Å². The zero-order valence-electron chi connectivity index (χ0n) is 15.5. The molecule has 4 aromatic rings. The molecule has 0 saturated carbocycles. The summed E-state index contributed by atoms with van der Waals surface area (Å²) in [6.45, 7) is 5.52. The third kappa shape index (κ3) is 2.78. The molecule has 0 saturated heterocycles. The van der Waals surface area contributed by atoms with Crippen molar-refractivity contribution in [1.82, 2.24) is 24.5 Å². The van der Waals surface area contributed by atoms with Crippen molar-refractivity contribution in [3.8, 4) is 17.1 Å². The van der Waals surface area contributed by atoms with Gasteiger partial charge in [0.25, 0.3) is 0 Å². The zero-order valence-corrected chi connectivity index (χ0v) is 16.3. The summed E-state index contributed by atoms with van der Waals surface area (Å²) in [7, 11) is 1.67. The molecule has 0 aliphatic carbocycles. The van der Waals surface area contributed by atoms with E-state index in [2.05, 4.69) is 21.9 Å². The topological polar surface area (TPSA) is 55.6 Å². The van der Waals surface area contributed by atoms with Crippen molar-refractivity contribution in [3.05, 3.63) is 41.0 Å². The van der Waals surface area contributed by atoms with Gasteiger partial charge in [0, 0.05) is 23.5 Å². The highest BCUT2D eigenvalue weighted by molar-refractivity contribution is 7.19. The maximum absolute atomic E-state index is 5.24. The highest BCUT2D eigenvalue weighted by Gasteiger charge is 2.24. The Hall–Kier alpha value is -2.51. The standard InChI is InChI=1S/C20H21N5OS/c1-3-9-24-10-8-15-16(11-24)27-20-17(15)19-22-18(23-25(19)12-21-20)13-4-6-14(26-2)7-5-13/h4-7,12H,3,8-11H2,1-2H3. The minimum absolute atomic E-state index is 0.718. The molecule has 27 heavy (non-hydrogen) atoms. The Kier molecular flexibility index (Phi) is 4.06. The fraction of sp³-hybridized carbons (Fsp3) is 0.350. The molecule has 0 fully saturated rings. The van der Waals surface area contributed by atoms with Gasteiger partial charge < -0.3 is 4.74 Å². The Balaban J connectivity index is 1.61. The summed E-state index contributed by atoms with van der Waals surface area (Å²) >= 11 is 1.80. The SMILES string of the molecule is CCCN1CCc2c(sc3ncn4nc(-c5ccc(OC)cc5)nc4c23)C1. The third-order valence-corrected chi connectivity index (χ3v) is 6.27. The Morgan fingerprint density at radius 3 is 2.85 bits per heavy atom. The summed E-state index contributed by atoms with van der Waals surface area (Å²) in [5.74, 6) is 1.55. The first-order valence-corrected chi connectivity index (χ1v) is 10.1. The highest BCUT2D eigenvalue weighted by Crippen LogP contribution is 2.36. The molecule has 5 rings (SSSR count). The molecule has 0 unspecified atom stereocenters. The van der Waals surface area contributed by atoms with E-state index >= 15 is 0 Å². The Morgan fingerprint density at radius 1 is 1.22 bits per heavy atom. The number of aromatic nitrogens is 4. The van der Waals surface area contributed by atoms with Crippen LogP contribution in [0, 0.1) is 0 Å². The second-order valence-electron chi connectivity index (χ2n) is 6.89. The van der Waals surface area contributed by atoms with Gasteiger partial charge in [0.2, 0.25) is 0 Å². The molecule has 0 atom stereocenters. The van der Waals surface area contributed by atoms with E-state index in [4.69, 9.17) is 9.72 Å². The number of nitrogens with zero attached hydrogens (tertiary/aromatic N) is 5. The van der Waals surface area contributed by atoms with Crippen molar-refractivity contribution in [2.75, 3.05) is 20.2 Å². The van der Waals surface area contributed by atoms with E-state index in [1.807, 2.05) is 28.8 Å². The van der Waals surface area contributed by atoms with E-state index in [0.29, 0.717) is 0 Å². The second-order valence-corrected chi connectivity index (χ2v) is 7.97. The Morgan fingerprint density at radius 2 is 2.07 bits per heavy atom. The lowest BCUT2D eigenvalue weighted by molar-refractivity contribution is 0.258. The fourth-order valence-electron chi connectivity index (χ4n) is 3.81. The number of hydrogen-bond donors (Lipinski definition) is 0. The van der Waals surface area contributed by atoms with Gasteiger partial charge in [-0.15, -0.1) is 16.4 Å². The predicted octanol–water partition coefficient (Wildman–Crippen LogP) is 3.78. The summed E-state index contributed by atoms with van der Waals surface area (Å²) in [5.41, 5.74) is 3.30. The van der Waals surface area contributed by atoms with Gasteiger partial charge in [0.05, 0.1) is 12.5 Å². The van der Waals surface area contributed by atoms with Crippen LogP contribution in [-0.2, 0) is 13.0 Å². The van der Waals surface area contributed by atoms with E-state index in [-0.39, 0.29) is 0 Å². The summed E-state index contributed by atoms with van der Waals surface area (Å²) in [6.07, 6.45) is 4.03. The molecule has 0 amide bonds. The van der Waals surface area contributed by atoms with Gasteiger partial charge in [-0.25, -0.2) is 14.5 Å². The molecule has 1 aliphatic rings. The van der Waals surface area contributed by atoms with Crippen molar-refractivity contribution < 1.29 is 4.74 Å². The van der Waals surface area contributed by atoms with Gasteiger partial charge in [-0.3, -0.25) is 4.90 Å². The van der Waals surface area contributed by atoms with Gasteiger partial charge in [-0.05, 0) is 49.2 Å². The van der Waals surface area contributed by atoms with E-state index in [1.54, 1.807) is 24.8 Å². The molecule has 0 bridgehead atoms. The van der Waals surface area contributed by atoms with Gasteiger partial charge in [0.1, 0.15) is 16.9 Å². The number of methoxy groups -OCH3 is 1. The van der Waals surface area contributed by atoms with E-state index < -0.39 is 0 Å². The molecule has 0 N–H and O–H groups in total. The Bertz CT molecular complexity index is 1120. The lowest BCUT2D eigenvalue weighted by Gasteiger charge is -2.26. The smallest absolute Gasteiger partial charge is 0.182 e. The highest BCUT2D eigenvalue weighted by atomic mass is 32.1. The van der Waals surface area contributed by atoms with Crippen LogP contribution in [0.25, 0.3) is 27.3 Å².